The molecule has 20 heavy (non-hydrogen) atoms. The first-order valence-electron chi connectivity index (χ1n) is 5.87. The summed E-state index contributed by atoms with van der Waals surface area (Å²) in [6.07, 6.45) is 0. The first kappa shape index (κ1) is 13.7. The maximum atomic E-state index is 13.5. The minimum atomic E-state index is -0.487. The van der Waals surface area contributed by atoms with Crippen molar-refractivity contribution in [1.82, 2.24) is 0 Å². The molecule has 2 aromatic carbocycles. The first-order valence-corrected chi connectivity index (χ1v) is 5.87. The molecular weight excluding hydrogens is 261 g/mol. The van der Waals surface area contributed by atoms with Crippen molar-refractivity contribution >= 4 is 17.1 Å². The molecule has 0 spiro atoms. The molecule has 0 fully saturated rings. The summed E-state index contributed by atoms with van der Waals surface area (Å²) in [6, 6.07) is 12.2. The van der Waals surface area contributed by atoms with Crippen LogP contribution in [0.2, 0.25) is 0 Å². The van der Waals surface area contributed by atoms with Crippen LogP contribution in [-0.2, 0) is 0 Å². The Kier molecular flexibility index (Phi) is 4.05. The highest BCUT2D eigenvalue weighted by molar-refractivity contribution is 5.99. The Morgan fingerprint density at radius 1 is 1.25 bits per heavy atom. The molecule has 0 heterocycles. The van der Waals surface area contributed by atoms with Gasteiger partial charge in [0.25, 0.3) is 5.69 Å². The normalized spacial score (nSPS) is 11.2. The Hall–Kier alpha value is -2.76. The molecule has 5 nitrogen and oxygen atoms in total. The zero-order valence-corrected chi connectivity index (χ0v) is 10.7. The number of hydrogen-bond acceptors (Lipinski definition) is 4. The predicted octanol–water partition coefficient (Wildman–Crippen LogP) is 3.57. The maximum absolute atomic E-state index is 13.5. The van der Waals surface area contributed by atoms with Crippen molar-refractivity contribution in [3.8, 4) is 0 Å². The summed E-state index contributed by atoms with van der Waals surface area (Å²) < 4.78 is 13.5. The molecule has 0 bridgehead atoms. The van der Waals surface area contributed by atoms with Gasteiger partial charge < -0.3 is 0 Å². The molecule has 0 amide bonds. The molecule has 0 aliphatic heterocycles. The lowest BCUT2D eigenvalue weighted by atomic mass is 10.1. The third-order valence-electron chi connectivity index (χ3n) is 2.67. The predicted molar refractivity (Wildman–Crippen MR) is 75.3 cm³/mol. The molecule has 2 aromatic rings. The number of nitrogens with zero attached hydrogens (tertiary/aromatic N) is 2. The van der Waals surface area contributed by atoms with Gasteiger partial charge in [-0.15, -0.1) is 0 Å². The van der Waals surface area contributed by atoms with E-state index in [9.17, 15) is 14.5 Å². The fourth-order valence-corrected chi connectivity index (χ4v) is 1.65. The van der Waals surface area contributed by atoms with Crippen molar-refractivity contribution < 1.29 is 9.31 Å². The molecule has 2 rings (SSSR count). The number of nitro groups is 1. The lowest BCUT2D eigenvalue weighted by Crippen LogP contribution is -2.02. The van der Waals surface area contributed by atoms with Crippen LogP contribution in [0, 0.1) is 15.9 Å². The number of nitrogens with one attached hydrogen (secondary N) is 1. The SMILES string of the molecule is C/C(=N\Nc1cccc([N+](=O)[O-])c1)c1ccccc1F. The zero-order chi connectivity index (χ0) is 14.5. The number of hydrazone groups is 1. The van der Waals surface area contributed by atoms with Gasteiger partial charge in [-0.25, -0.2) is 4.39 Å². The van der Waals surface area contributed by atoms with E-state index in [0.29, 0.717) is 17.0 Å². The number of halogens is 1. The number of anilines is 1. The highest BCUT2D eigenvalue weighted by Crippen LogP contribution is 2.17. The van der Waals surface area contributed by atoms with Gasteiger partial charge in [0.2, 0.25) is 0 Å². The van der Waals surface area contributed by atoms with E-state index < -0.39 is 4.92 Å². The van der Waals surface area contributed by atoms with Gasteiger partial charge in [-0.1, -0.05) is 24.3 Å². The van der Waals surface area contributed by atoms with E-state index in [-0.39, 0.29) is 11.5 Å². The van der Waals surface area contributed by atoms with Gasteiger partial charge in [0.05, 0.1) is 16.3 Å². The van der Waals surface area contributed by atoms with Gasteiger partial charge in [-0.3, -0.25) is 15.5 Å². The van der Waals surface area contributed by atoms with Crippen molar-refractivity contribution in [2.75, 3.05) is 5.43 Å². The summed E-state index contributed by atoms with van der Waals surface area (Å²) >= 11 is 0. The highest BCUT2D eigenvalue weighted by Gasteiger charge is 2.06. The molecule has 0 aliphatic rings. The second kappa shape index (κ2) is 5.92. The first-order chi connectivity index (χ1) is 9.58. The Morgan fingerprint density at radius 2 is 2.00 bits per heavy atom. The lowest BCUT2D eigenvalue weighted by molar-refractivity contribution is -0.384. The molecule has 0 atom stereocenters. The van der Waals surface area contributed by atoms with Crippen LogP contribution in [-0.4, -0.2) is 10.6 Å². The van der Waals surface area contributed by atoms with Crippen molar-refractivity contribution in [2.45, 2.75) is 6.92 Å². The minimum Gasteiger partial charge on any atom is -0.278 e. The van der Waals surface area contributed by atoms with E-state index in [2.05, 4.69) is 10.5 Å². The summed E-state index contributed by atoms with van der Waals surface area (Å²) in [6.45, 7) is 1.66. The van der Waals surface area contributed by atoms with Crippen molar-refractivity contribution in [1.29, 1.82) is 0 Å². The molecule has 102 valence electrons. The number of benzene rings is 2. The molecule has 0 saturated heterocycles. The van der Waals surface area contributed by atoms with Crippen LogP contribution in [0.5, 0.6) is 0 Å². The lowest BCUT2D eigenvalue weighted by Gasteiger charge is -2.04. The standard InChI is InChI=1S/C14H12FN3O2/c1-10(13-7-2-3-8-14(13)15)16-17-11-5-4-6-12(9-11)18(19)20/h2-9,17H,1H3/b16-10+. The zero-order valence-electron chi connectivity index (χ0n) is 10.7. The van der Waals surface area contributed by atoms with E-state index in [1.165, 1.54) is 18.2 Å². The van der Waals surface area contributed by atoms with Crippen molar-refractivity contribution in [3.63, 3.8) is 0 Å². The second-order valence-electron chi connectivity index (χ2n) is 4.10. The Bertz CT molecular complexity index is 671. The summed E-state index contributed by atoms with van der Waals surface area (Å²) in [5, 5.41) is 14.7. The van der Waals surface area contributed by atoms with Crippen molar-refractivity contribution in [3.05, 3.63) is 70.0 Å². The van der Waals surface area contributed by atoms with Gasteiger partial charge in [0.15, 0.2) is 0 Å². The topological polar surface area (TPSA) is 67.5 Å². The van der Waals surface area contributed by atoms with Gasteiger partial charge in [0, 0.05) is 17.7 Å². The van der Waals surface area contributed by atoms with Crippen LogP contribution in [0.1, 0.15) is 12.5 Å². The van der Waals surface area contributed by atoms with Crippen LogP contribution in [0.4, 0.5) is 15.8 Å². The fraction of sp³-hybridized carbons (Fsp3) is 0.0714. The monoisotopic (exact) mass is 273 g/mol. The Morgan fingerprint density at radius 3 is 2.70 bits per heavy atom. The van der Waals surface area contributed by atoms with Gasteiger partial charge >= 0.3 is 0 Å². The van der Waals surface area contributed by atoms with Gasteiger partial charge in [-0.2, -0.15) is 5.10 Å². The minimum absolute atomic E-state index is 0.0336. The molecule has 0 unspecified atom stereocenters. The highest BCUT2D eigenvalue weighted by atomic mass is 19.1. The Labute approximate surface area is 114 Å². The van der Waals surface area contributed by atoms with Crippen LogP contribution < -0.4 is 5.43 Å². The molecule has 0 radical (unpaired) electrons. The molecule has 0 saturated carbocycles. The Balaban J connectivity index is 2.19. The van der Waals surface area contributed by atoms with Crippen molar-refractivity contribution in [2.24, 2.45) is 5.10 Å². The number of rotatable bonds is 4. The van der Waals surface area contributed by atoms with Crippen LogP contribution in [0.3, 0.4) is 0 Å². The summed E-state index contributed by atoms with van der Waals surface area (Å²) in [5.74, 6) is -0.366. The van der Waals surface area contributed by atoms with E-state index in [1.54, 1.807) is 37.3 Å². The quantitative estimate of drug-likeness (QED) is 0.526. The van der Waals surface area contributed by atoms with Gasteiger partial charge in [0.1, 0.15) is 5.82 Å². The average Bonchev–Trinajstić information content (AvgIpc) is 2.45. The number of non-ortho nitro benzene ring substituents is 1. The molecule has 1 N–H and O–H groups in total. The molecular formula is C14H12FN3O2. The third kappa shape index (κ3) is 3.17. The fourth-order valence-electron chi connectivity index (χ4n) is 1.65. The molecule has 0 aliphatic carbocycles. The van der Waals surface area contributed by atoms with Crippen LogP contribution in [0.25, 0.3) is 0 Å². The smallest absolute Gasteiger partial charge is 0.271 e. The largest absolute Gasteiger partial charge is 0.278 e. The van der Waals surface area contributed by atoms with Crippen LogP contribution >= 0.6 is 0 Å². The van der Waals surface area contributed by atoms with Gasteiger partial charge in [-0.05, 0) is 19.1 Å². The summed E-state index contributed by atoms with van der Waals surface area (Å²) in [5.41, 5.74) is 3.95. The van der Waals surface area contributed by atoms with E-state index in [4.69, 9.17) is 0 Å². The molecule has 0 aromatic heterocycles. The van der Waals surface area contributed by atoms with E-state index in [1.807, 2.05) is 0 Å². The molecule has 6 heteroatoms. The second-order valence-corrected chi connectivity index (χ2v) is 4.10. The number of hydrogen-bond donors (Lipinski definition) is 1. The van der Waals surface area contributed by atoms with Crippen LogP contribution in [0.15, 0.2) is 53.6 Å². The third-order valence-corrected chi connectivity index (χ3v) is 2.67. The van der Waals surface area contributed by atoms with E-state index >= 15 is 0 Å². The summed E-state index contributed by atoms with van der Waals surface area (Å²) in [7, 11) is 0. The average molecular weight is 273 g/mol. The number of nitro benzene ring substituents is 1. The summed E-state index contributed by atoms with van der Waals surface area (Å²) in [4.78, 5) is 10.2. The van der Waals surface area contributed by atoms with E-state index in [0.717, 1.165) is 0 Å². The maximum Gasteiger partial charge on any atom is 0.271 e.